The van der Waals surface area contributed by atoms with Crippen LogP contribution in [0.4, 0.5) is 0 Å². The molecule has 0 atom stereocenters. The number of benzene rings is 1. The summed E-state index contributed by atoms with van der Waals surface area (Å²) in [5.74, 6) is 0.194. The molecule has 1 saturated heterocycles. The van der Waals surface area contributed by atoms with E-state index in [9.17, 15) is 4.79 Å². The normalized spacial score (nSPS) is 18.3. The molecule has 0 radical (unpaired) electrons. The monoisotopic (exact) mass is 352 g/mol. The van der Waals surface area contributed by atoms with Crippen LogP contribution in [0.3, 0.4) is 0 Å². The maximum atomic E-state index is 12.9. The lowest BCUT2D eigenvalue weighted by Gasteiger charge is -2.39. The van der Waals surface area contributed by atoms with E-state index in [0.717, 1.165) is 42.4 Å². The SMILES string of the molecule is CCC1(C(=O)NC(C)(C)c2ccc(Br)cc2)CCNCC1. The second kappa shape index (κ2) is 6.49. The zero-order valence-electron chi connectivity index (χ0n) is 13.1. The lowest BCUT2D eigenvalue weighted by molar-refractivity contribution is -0.134. The Labute approximate surface area is 136 Å². The van der Waals surface area contributed by atoms with Crippen molar-refractivity contribution in [2.45, 2.75) is 45.6 Å². The second-order valence-corrected chi connectivity index (χ2v) is 7.39. The van der Waals surface area contributed by atoms with Crippen LogP contribution in [0.25, 0.3) is 0 Å². The highest BCUT2D eigenvalue weighted by molar-refractivity contribution is 9.10. The van der Waals surface area contributed by atoms with E-state index < -0.39 is 0 Å². The first-order valence-electron chi connectivity index (χ1n) is 7.69. The van der Waals surface area contributed by atoms with Gasteiger partial charge in [0.15, 0.2) is 0 Å². The maximum absolute atomic E-state index is 12.9. The van der Waals surface area contributed by atoms with E-state index >= 15 is 0 Å². The van der Waals surface area contributed by atoms with E-state index in [-0.39, 0.29) is 16.9 Å². The zero-order chi connectivity index (χ0) is 15.5. The van der Waals surface area contributed by atoms with Crippen molar-refractivity contribution in [3.05, 3.63) is 34.3 Å². The number of amides is 1. The Hall–Kier alpha value is -0.870. The summed E-state index contributed by atoms with van der Waals surface area (Å²) in [5.41, 5.74) is 0.558. The number of nitrogens with one attached hydrogen (secondary N) is 2. The van der Waals surface area contributed by atoms with E-state index in [1.165, 1.54) is 0 Å². The molecule has 1 aromatic rings. The van der Waals surface area contributed by atoms with Crippen molar-refractivity contribution in [3.63, 3.8) is 0 Å². The van der Waals surface area contributed by atoms with Gasteiger partial charge in [-0.2, -0.15) is 0 Å². The molecule has 4 heteroatoms. The van der Waals surface area contributed by atoms with Gasteiger partial charge in [-0.1, -0.05) is 35.0 Å². The summed E-state index contributed by atoms with van der Waals surface area (Å²) in [5, 5.41) is 6.62. The minimum Gasteiger partial charge on any atom is -0.347 e. The Morgan fingerprint density at radius 1 is 1.29 bits per heavy atom. The van der Waals surface area contributed by atoms with E-state index in [2.05, 4.69) is 59.5 Å². The Bertz CT molecular complexity index is 490. The topological polar surface area (TPSA) is 41.1 Å². The number of piperidine rings is 1. The van der Waals surface area contributed by atoms with Gasteiger partial charge in [-0.3, -0.25) is 4.79 Å². The Kier molecular flexibility index (Phi) is 5.10. The van der Waals surface area contributed by atoms with Crippen LogP contribution >= 0.6 is 15.9 Å². The molecule has 1 fully saturated rings. The lowest BCUT2D eigenvalue weighted by Crippen LogP contribution is -2.52. The first kappa shape index (κ1) is 16.5. The number of hydrogen-bond donors (Lipinski definition) is 2. The maximum Gasteiger partial charge on any atom is 0.226 e. The molecule has 2 N–H and O–H groups in total. The van der Waals surface area contributed by atoms with Crippen molar-refractivity contribution in [2.24, 2.45) is 5.41 Å². The van der Waals surface area contributed by atoms with Crippen molar-refractivity contribution >= 4 is 21.8 Å². The van der Waals surface area contributed by atoms with Crippen LogP contribution < -0.4 is 10.6 Å². The molecule has 0 bridgehead atoms. The molecule has 0 spiro atoms. The molecule has 3 nitrogen and oxygen atoms in total. The quantitative estimate of drug-likeness (QED) is 0.869. The third-order valence-corrected chi connectivity index (χ3v) is 5.24. The fraction of sp³-hybridized carbons (Fsp3) is 0.588. The van der Waals surface area contributed by atoms with E-state index in [1.807, 2.05) is 12.1 Å². The van der Waals surface area contributed by atoms with Gasteiger partial charge in [0.1, 0.15) is 0 Å². The van der Waals surface area contributed by atoms with E-state index in [4.69, 9.17) is 0 Å². The molecule has 1 aromatic carbocycles. The minimum atomic E-state index is -0.356. The van der Waals surface area contributed by atoms with Crippen LogP contribution in [-0.4, -0.2) is 19.0 Å². The average Bonchev–Trinajstić information content (AvgIpc) is 2.48. The summed E-state index contributed by atoms with van der Waals surface area (Å²) in [7, 11) is 0. The Morgan fingerprint density at radius 3 is 2.38 bits per heavy atom. The summed E-state index contributed by atoms with van der Waals surface area (Å²) < 4.78 is 1.05. The molecule has 116 valence electrons. The van der Waals surface area contributed by atoms with Gasteiger partial charge in [0.2, 0.25) is 5.91 Å². The van der Waals surface area contributed by atoms with Crippen LogP contribution in [0.15, 0.2) is 28.7 Å². The van der Waals surface area contributed by atoms with Crippen molar-refractivity contribution in [2.75, 3.05) is 13.1 Å². The summed E-state index contributed by atoms with van der Waals surface area (Å²) in [6.45, 7) is 8.12. The Balaban J connectivity index is 2.14. The van der Waals surface area contributed by atoms with Crippen molar-refractivity contribution < 1.29 is 4.79 Å². The van der Waals surface area contributed by atoms with Gasteiger partial charge in [-0.25, -0.2) is 0 Å². The Morgan fingerprint density at radius 2 is 1.86 bits per heavy atom. The molecule has 0 aromatic heterocycles. The molecule has 1 aliphatic heterocycles. The predicted octanol–water partition coefficient (Wildman–Crippen LogP) is 3.58. The van der Waals surface area contributed by atoms with Crippen molar-refractivity contribution in [3.8, 4) is 0 Å². The van der Waals surface area contributed by atoms with Gasteiger partial charge in [0.05, 0.1) is 11.0 Å². The summed E-state index contributed by atoms with van der Waals surface area (Å²) >= 11 is 3.45. The van der Waals surface area contributed by atoms with Crippen LogP contribution in [0.2, 0.25) is 0 Å². The lowest BCUT2D eigenvalue weighted by atomic mass is 9.75. The highest BCUT2D eigenvalue weighted by Gasteiger charge is 2.40. The predicted molar refractivity (Wildman–Crippen MR) is 90.1 cm³/mol. The van der Waals surface area contributed by atoms with Gasteiger partial charge in [-0.15, -0.1) is 0 Å². The van der Waals surface area contributed by atoms with Crippen LogP contribution in [0.5, 0.6) is 0 Å². The molecule has 0 saturated carbocycles. The minimum absolute atomic E-state index is 0.194. The third-order valence-electron chi connectivity index (χ3n) is 4.71. The number of carbonyl (C=O) groups excluding carboxylic acids is 1. The second-order valence-electron chi connectivity index (χ2n) is 6.47. The fourth-order valence-corrected chi connectivity index (χ4v) is 3.27. The third kappa shape index (κ3) is 3.67. The number of carbonyl (C=O) groups is 1. The van der Waals surface area contributed by atoms with Gasteiger partial charge >= 0.3 is 0 Å². The molecule has 1 amide bonds. The summed E-state index contributed by atoms with van der Waals surface area (Å²) in [4.78, 5) is 12.9. The highest BCUT2D eigenvalue weighted by Crippen LogP contribution is 2.34. The summed E-state index contributed by atoms with van der Waals surface area (Å²) in [6, 6.07) is 8.16. The molecule has 2 rings (SSSR count). The first-order chi connectivity index (χ1) is 9.89. The molecule has 21 heavy (non-hydrogen) atoms. The number of hydrogen-bond acceptors (Lipinski definition) is 2. The van der Waals surface area contributed by atoms with Gasteiger partial charge < -0.3 is 10.6 Å². The summed E-state index contributed by atoms with van der Waals surface area (Å²) in [6.07, 6.45) is 2.74. The molecular weight excluding hydrogens is 328 g/mol. The van der Waals surface area contributed by atoms with Crippen molar-refractivity contribution in [1.82, 2.24) is 10.6 Å². The molecule has 0 aliphatic carbocycles. The van der Waals surface area contributed by atoms with Gasteiger partial charge in [0, 0.05) is 4.47 Å². The van der Waals surface area contributed by atoms with E-state index in [0.29, 0.717) is 0 Å². The molecule has 0 unspecified atom stereocenters. The van der Waals surface area contributed by atoms with Crippen molar-refractivity contribution in [1.29, 1.82) is 0 Å². The van der Waals surface area contributed by atoms with E-state index in [1.54, 1.807) is 0 Å². The van der Waals surface area contributed by atoms with Crippen LogP contribution in [0.1, 0.15) is 45.6 Å². The zero-order valence-corrected chi connectivity index (χ0v) is 14.7. The smallest absolute Gasteiger partial charge is 0.226 e. The number of rotatable bonds is 4. The van der Waals surface area contributed by atoms with Gasteiger partial charge in [-0.05, 0) is 63.9 Å². The average molecular weight is 353 g/mol. The largest absolute Gasteiger partial charge is 0.347 e. The highest BCUT2D eigenvalue weighted by atomic mass is 79.9. The first-order valence-corrected chi connectivity index (χ1v) is 8.48. The molecule has 1 aliphatic rings. The van der Waals surface area contributed by atoms with Gasteiger partial charge in [0.25, 0.3) is 0 Å². The van der Waals surface area contributed by atoms with Crippen LogP contribution in [0, 0.1) is 5.41 Å². The van der Waals surface area contributed by atoms with Crippen LogP contribution in [-0.2, 0) is 10.3 Å². The number of halogens is 1. The fourth-order valence-electron chi connectivity index (χ4n) is 3.00. The standard InChI is InChI=1S/C17H25BrN2O/c1-4-17(9-11-19-12-10-17)15(21)20-16(2,3)13-5-7-14(18)8-6-13/h5-8,19H,4,9-12H2,1-3H3,(H,20,21). The molecule has 1 heterocycles. The molecular formula is C17H25BrN2O.